The van der Waals surface area contributed by atoms with Crippen LogP contribution in [0.5, 0.6) is 23.1 Å². The van der Waals surface area contributed by atoms with Crippen LogP contribution >= 0.6 is 0 Å². The third-order valence-corrected chi connectivity index (χ3v) is 8.19. The smallest absolute Gasteiger partial charge is 0.415 e. The number of benzene rings is 3. The molecule has 0 spiro atoms. The van der Waals surface area contributed by atoms with Crippen molar-refractivity contribution in [3.05, 3.63) is 72.8 Å². The van der Waals surface area contributed by atoms with E-state index in [1.54, 1.807) is 41.3 Å². The molecular formula is C33H33FN6O6. The first-order chi connectivity index (χ1) is 22.1. The minimum absolute atomic E-state index is 0.00174. The van der Waals surface area contributed by atoms with Crippen molar-refractivity contribution in [3.8, 4) is 23.1 Å². The first-order valence-electron chi connectivity index (χ1n) is 14.8. The van der Waals surface area contributed by atoms with Crippen LogP contribution in [0, 0.1) is 11.2 Å². The highest BCUT2D eigenvalue weighted by Crippen LogP contribution is 2.47. The van der Waals surface area contributed by atoms with Crippen molar-refractivity contribution in [2.24, 2.45) is 5.41 Å². The van der Waals surface area contributed by atoms with Crippen LogP contribution in [0.2, 0.25) is 0 Å². The number of halogens is 1. The van der Waals surface area contributed by atoms with E-state index in [9.17, 15) is 18.8 Å². The van der Waals surface area contributed by atoms with E-state index in [1.807, 2.05) is 14.0 Å². The van der Waals surface area contributed by atoms with Crippen LogP contribution in [0.4, 0.5) is 20.6 Å². The van der Waals surface area contributed by atoms with Crippen molar-refractivity contribution in [1.29, 1.82) is 0 Å². The molecule has 238 valence electrons. The Hall–Kier alpha value is -5.30. The molecule has 0 radical (unpaired) electrons. The number of hydrogen-bond acceptors (Lipinski definition) is 9. The number of rotatable bonds is 8. The van der Waals surface area contributed by atoms with Gasteiger partial charge in [-0.05, 0) is 81.4 Å². The number of piperazine rings is 1. The highest BCUT2D eigenvalue weighted by Gasteiger charge is 2.56. The number of likely N-dealkylation sites (N-methyl/N-ethyl adjacent to an activating group) is 1. The zero-order valence-electron chi connectivity index (χ0n) is 25.6. The van der Waals surface area contributed by atoms with Gasteiger partial charge in [-0.15, -0.1) is 0 Å². The number of carbonyl (C=O) groups excluding carboxylic acids is 3. The van der Waals surface area contributed by atoms with Gasteiger partial charge in [-0.2, -0.15) is 0 Å². The van der Waals surface area contributed by atoms with E-state index in [2.05, 4.69) is 25.5 Å². The number of amides is 3. The molecule has 1 saturated carbocycles. The van der Waals surface area contributed by atoms with Gasteiger partial charge >= 0.3 is 6.09 Å². The summed E-state index contributed by atoms with van der Waals surface area (Å²) in [5, 5.41) is 6.03. The lowest BCUT2D eigenvalue weighted by Gasteiger charge is -2.37. The van der Waals surface area contributed by atoms with Crippen LogP contribution < -0.4 is 24.8 Å². The van der Waals surface area contributed by atoms with Crippen molar-refractivity contribution >= 4 is 40.2 Å². The molecule has 1 aromatic heterocycles. The molecule has 1 aliphatic heterocycles. The predicted octanol–water partition coefficient (Wildman–Crippen LogP) is 5.06. The summed E-state index contributed by atoms with van der Waals surface area (Å²) in [6.45, 7) is 4.04. The second kappa shape index (κ2) is 12.6. The van der Waals surface area contributed by atoms with E-state index in [0.717, 1.165) is 13.1 Å². The van der Waals surface area contributed by atoms with E-state index < -0.39 is 29.1 Å². The number of ether oxygens (including phenoxy) is 3. The highest BCUT2D eigenvalue weighted by molar-refractivity contribution is 6.16. The first kappa shape index (κ1) is 30.7. The third-order valence-electron chi connectivity index (χ3n) is 8.19. The Kier molecular flexibility index (Phi) is 8.41. The van der Waals surface area contributed by atoms with Gasteiger partial charge in [-0.1, -0.05) is 0 Å². The van der Waals surface area contributed by atoms with E-state index in [4.69, 9.17) is 14.2 Å². The maximum absolute atomic E-state index is 13.2. The molecular weight excluding hydrogens is 595 g/mol. The lowest BCUT2D eigenvalue weighted by molar-refractivity contribution is -0.131. The fourth-order valence-corrected chi connectivity index (χ4v) is 5.36. The molecule has 3 aromatic carbocycles. The van der Waals surface area contributed by atoms with Crippen molar-refractivity contribution in [3.63, 3.8) is 0 Å². The normalized spacial score (nSPS) is 17.2. The molecule has 1 atom stereocenters. The van der Waals surface area contributed by atoms with Crippen molar-refractivity contribution in [1.82, 2.24) is 19.8 Å². The molecule has 13 heteroatoms. The number of nitrogens with zero attached hydrogens (tertiary/aromatic N) is 4. The van der Waals surface area contributed by atoms with Crippen LogP contribution in [0.1, 0.15) is 19.8 Å². The number of carbonyl (C=O) groups is 3. The zero-order chi connectivity index (χ0) is 32.4. The maximum Gasteiger partial charge on any atom is 0.415 e. The first-order valence-corrected chi connectivity index (χ1v) is 14.8. The van der Waals surface area contributed by atoms with Gasteiger partial charge in [0.25, 0.3) is 0 Å². The standard InChI is InChI=1S/C33H33FN6O6/c1-20-18-39(2)14-15-40(20)32(43)46-28-17-26-25(16-27(28)44-3)29(36-19-35-26)45-24-10-8-23(9-11-24)38-31(42)33(12-13-33)30(41)37-22-6-4-21(34)5-7-22/h4-11,16-17,19-20H,12-15,18H2,1-3H3,(H,37,41)(H,38,42)/t20-/m1/s1. The molecule has 0 unspecified atom stereocenters. The van der Waals surface area contributed by atoms with Gasteiger partial charge < -0.3 is 34.6 Å². The molecule has 46 heavy (non-hydrogen) atoms. The fourth-order valence-electron chi connectivity index (χ4n) is 5.36. The quantitative estimate of drug-likeness (QED) is 0.257. The average Bonchev–Trinajstić information content (AvgIpc) is 3.85. The molecule has 2 aliphatic rings. The van der Waals surface area contributed by atoms with E-state index in [-0.39, 0.29) is 17.7 Å². The fraction of sp³-hybridized carbons (Fsp3) is 0.303. The largest absolute Gasteiger partial charge is 0.493 e. The van der Waals surface area contributed by atoms with Crippen molar-refractivity contribution < 1.29 is 33.0 Å². The van der Waals surface area contributed by atoms with Gasteiger partial charge in [0, 0.05) is 43.1 Å². The number of fused-ring (bicyclic) bond motifs is 1. The van der Waals surface area contributed by atoms with Crippen LogP contribution in [-0.4, -0.2) is 77.5 Å². The summed E-state index contributed by atoms with van der Waals surface area (Å²) in [6, 6.07) is 15.3. The van der Waals surface area contributed by atoms with Crippen LogP contribution in [0.3, 0.4) is 0 Å². The van der Waals surface area contributed by atoms with E-state index in [0.29, 0.717) is 53.2 Å². The molecule has 1 aliphatic carbocycles. The molecule has 6 rings (SSSR count). The van der Waals surface area contributed by atoms with Gasteiger partial charge in [0.1, 0.15) is 23.3 Å². The number of hydrogen-bond donors (Lipinski definition) is 2. The molecule has 1 saturated heterocycles. The monoisotopic (exact) mass is 628 g/mol. The predicted molar refractivity (Wildman–Crippen MR) is 168 cm³/mol. The van der Waals surface area contributed by atoms with E-state index >= 15 is 0 Å². The summed E-state index contributed by atoms with van der Waals surface area (Å²) >= 11 is 0. The summed E-state index contributed by atoms with van der Waals surface area (Å²) < 4.78 is 30.5. The second-order valence-corrected chi connectivity index (χ2v) is 11.5. The van der Waals surface area contributed by atoms with Crippen LogP contribution in [-0.2, 0) is 9.59 Å². The summed E-state index contributed by atoms with van der Waals surface area (Å²) in [7, 11) is 3.50. The molecule has 2 N–H and O–H groups in total. The van der Waals surface area contributed by atoms with Gasteiger partial charge in [0.05, 0.1) is 18.0 Å². The minimum Gasteiger partial charge on any atom is -0.493 e. The number of aromatic nitrogens is 2. The van der Waals surface area contributed by atoms with Gasteiger partial charge in [-0.25, -0.2) is 19.2 Å². The third kappa shape index (κ3) is 6.40. The summed E-state index contributed by atoms with van der Waals surface area (Å²) in [4.78, 5) is 51.4. The molecule has 0 bridgehead atoms. The Morgan fingerprint density at radius 3 is 2.17 bits per heavy atom. The van der Waals surface area contributed by atoms with Gasteiger partial charge in [0.15, 0.2) is 11.5 Å². The van der Waals surface area contributed by atoms with Crippen molar-refractivity contribution in [2.75, 3.05) is 44.4 Å². The number of nitrogens with one attached hydrogen (secondary N) is 2. The maximum atomic E-state index is 13.2. The molecule has 4 aromatic rings. The Balaban J connectivity index is 1.12. The topological polar surface area (TPSA) is 135 Å². The highest BCUT2D eigenvalue weighted by atomic mass is 19.1. The SMILES string of the molecule is COc1cc2c(Oc3ccc(NC(=O)C4(C(=O)Nc5ccc(F)cc5)CC4)cc3)ncnc2cc1OC(=O)N1CCN(C)C[C@H]1C. The summed E-state index contributed by atoms with van der Waals surface area (Å²) in [5.41, 5.74) is 0.198. The summed E-state index contributed by atoms with van der Waals surface area (Å²) in [5.74, 6) is -0.0387. The lowest BCUT2D eigenvalue weighted by atomic mass is 10.0. The Labute approximate surface area is 264 Å². The average molecular weight is 629 g/mol. The lowest BCUT2D eigenvalue weighted by Crippen LogP contribution is -2.53. The Bertz CT molecular complexity index is 1780. The van der Waals surface area contributed by atoms with E-state index in [1.165, 1.54) is 37.7 Å². The van der Waals surface area contributed by atoms with Gasteiger partial charge in [-0.3, -0.25) is 9.59 Å². The Morgan fingerprint density at radius 1 is 0.913 bits per heavy atom. The molecule has 2 heterocycles. The van der Waals surface area contributed by atoms with Crippen LogP contribution in [0.25, 0.3) is 10.9 Å². The molecule has 2 fully saturated rings. The number of anilines is 2. The molecule has 12 nitrogen and oxygen atoms in total. The second-order valence-electron chi connectivity index (χ2n) is 11.5. The Morgan fingerprint density at radius 2 is 1.57 bits per heavy atom. The number of methoxy groups -OCH3 is 1. The summed E-state index contributed by atoms with van der Waals surface area (Å²) in [6.07, 6.45) is 1.70. The zero-order valence-corrected chi connectivity index (χ0v) is 25.6. The minimum atomic E-state index is -1.18. The molecule has 3 amide bonds. The van der Waals surface area contributed by atoms with Crippen LogP contribution in [0.15, 0.2) is 67.0 Å². The van der Waals surface area contributed by atoms with Crippen molar-refractivity contribution in [2.45, 2.75) is 25.8 Å². The van der Waals surface area contributed by atoms with Gasteiger partial charge in [0.2, 0.25) is 17.7 Å².